The second kappa shape index (κ2) is 10.3. The molecule has 1 fully saturated rings. The van der Waals surface area contributed by atoms with Gasteiger partial charge in [-0.1, -0.05) is 31.2 Å². The van der Waals surface area contributed by atoms with Crippen molar-refractivity contribution >= 4 is 11.8 Å². The molecule has 0 atom stereocenters. The maximum Gasteiger partial charge on any atom is 0.254 e. The summed E-state index contributed by atoms with van der Waals surface area (Å²) in [5, 5.41) is 0. The van der Waals surface area contributed by atoms with E-state index in [1.165, 1.54) is 5.56 Å². The van der Waals surface area contributed by atoms with Crippen LogP contribution in [0.15, 0.2) is 42.5 Å². The largest absolute Gasteiger partial charge is 0.493 e. The summed E-state index contributed by atoms with van der Waals surface area (Å²) < 4.78 is 11.6. The van der Waals surface area contributed by atoms with E-state index in [4.69, 9.17) is 9.47 Å². The Kier molecular flexibility index (Phi) is 7.55. The highest BCUT2D eigenvalue weighted by Gasteiger charge is 2.23. The van der Waals surface area contributed by atoms with Gasteiger partial charge in [-0.05, 0) is 35.7 Å². The maximum atomic E-state index is 12.9. The Morgan fingerprint density at radius 3 is 2.26 bits per heavy atom. The number of amides is 2. The van der Waals surface area contributed by atoms with Gasteiger partial charge in [-0.3, -0.25) is 9.59 Å². The molecule has 0 aliphatic carbocycles. The van der Waals surface area contributed by atoms with E-state index in [2.05, 4.69) is 31.2 Å². The molecular weight excluding hydrogens is 392 g/mol. The average Bonchev–Trinajstić information content (AvgIpc) is 2.79. The maximum absolute atomic E-state index is 12.9. The predicted octanol–water partition coefficient (Wildman–Crippen LogP) is 3.92. The lowest BCUT2D eigenvalue weighted by Crippen LogP contribution is -2.40. The predicted molar refractivity (Wildman–Crippen MR) is 121 cm³/mol. The molecule has 2 aromatic rings. The molecule has 2 amide bonds. The number of nitrogens with zero attached hydrogens (tertiary/aromatic N) is 2. The fourth-order valence-corrected chi connectivity index (χ4v) is 3.81. The standard InChI is InChI=1S/C25H32N2O4/c1-5-19-6-8-20(9-7-19)17-26(3)25(29)21-10-11-23(24(16-21)30-4)31-22-12-14-27(15-13-22)18(2)28/h6-11,16,22H,5,12-15,17H2,1-4H3. The molecule has 6 heteroatoms. The molecule has 0 unspecified atom stereocenters. The van der Waals surface area contributed by atoms with Crippen molar-refractivity contribution in [3.63, 3.8) is 0 Å². The van der Waals surface area contributed by atoms with E-state index in [1.54, 1.807) is 44.2 Å². The number of rotatable bonds is 7. The van der Waals surface area contributed by atoms with Crippen molar-refractivity contribution in [3.8, 4) is 11.5 Å². The zero-order valence-corrected chi connectivity index (χ0v) is 18.9. The third-order valence-corrected chi connectivity index (χ3v) is 5.79. The van der Waals surface area contributed by atoms with Gasteiger partial charge in [-0.2, -0.15) is 0 Å². The van der Waals surface area contributed by atoms with Gasteiger partial charge in [0.05, 0.1) is 7.11 Å². The summed E-state index contributed by atoms with van der Waals surface area (Å²) in [7, 11) is 3.38. The number of aryl methyl sites for hydroxylation is 1. The normalized spacial score (nSPS) is 14.3. The molecule has 0 aromatic heterocycles. The van der Waals surface area contributed by atoms with Gasteiger partial charge in [-0.25, -0.2) is 0 Å². The van der Waals surface area contributed by atoms with Crippen LogP contribution >= 0.6 is 0 Å². The smallest absolute Gasteiger partial charge is 0.254 e. The van der Waals surface area contributed by atoms with Crippen LogP contribution in [0.2, 0.25) is 0 Å². The highest BCUT2D eigenvalue weighted by atomic mass is 16.5. The number of carbonyl (C=O) groups is 2. The lowest BCUT2D eigenvalue weighted by Gasteiger charge is -2.31. The van der Waals surface area contributed by atoms with Gasteiger partial charge in [0.1, 0.15) is 6.10 Å². The number of ether oxygens (including phenoxy) is 2. The van der Waals surface area contributed by atoms with E-state index < -0.39 is 0 Å². The zero-order chi connectivity index (χ0) is 22.4. The van der Waals surface area contributed by atoms with Crippen LogP contribution in [0.3, 0.4) is 0 Å². The molecule has 1 aliphatic heterocycles. The molecule has 2 aromatic carbocycles. The van der Waals surface area contributed by atoms with E-state index in [1.807, 2.05) is 4.90 Å². The first-order chi connectivity index (χ1) is 14.9. The van der Waals surface area contributed by atoms with Crippen molar-refractivity contribution in [2.45, 2.75) is 45.8 Å². The molecule has 6 nitrogen and oxygen atoms in total. The number of piperidine rings is 1. The third-order valence-electron chi connectivity index (χ3n) is 5.79. The molecule has 3 rings (SSSR count). The molecule has 0 radical (unpaired) electrons. The van der Waals surface area contributed by atoms with E-state index in [-0.39, 0.29) is 17.9 Å². The Hall–Kier alpha value is -3.02. The minimum Gasteiger partial charge on any atom is -0.493 e. The zero-order valence-electron chi connectivity index (χ0n) is 18.9. The number of hydrogen-bond donors (Lipinski definition) is 0. The summed E-state index contributed by atoms with van der Waals surface area (Å²) in [6, 6.07) is 13.6. The van der Waals surface area contributed by atoms with Crippen molar-refractivity contribution < 1.29 is 19.1 Å². The van der Waals surface area contributed by atoms with Crippen LogP contribution in [-0.2, 0) is 17.8 Å². The quantitative estimate of drug-likeness (QED) is 0.676. The van der Waals surface area contributed by atoms with Crippen molar-refractivity contribution in [3.05, 3.63) is 59.2 Å². The first-order valence-electron chi connectivity index (χ1n) is 10.8. The molecule has 31 heavy (non-hydrogen) atoms. The van der Waals surface area contributed by atoms with Gasteiger partial charge in [0.25, 0.3) is 5.91 Å². The molecule has 1 heterocycles. The molecule has 1 aliphatic rings. The summed E-state index contributed by atoms with van der Waals surface area (Å²) >= 11 is 0. The highest BCUT2D eigenvalue weighted by Crippen LogP contribution is 2.31. The number of benzene rings is 2. The van der Waals surface area contributed by atoms with Gasteiger partial charge in [0.15, 0.2) is 11.5 Å². The third kappa shape index (κ3) is 5.78. The van der Waals surface area contributed by atoms with Crippen molar-refractivity contribution in [1.29, 1.82) is 0 Å². The van der Waals surface area contributed by atoms with E-state index in [0.717, 1.165) is 24.8 Å². The summed E-state index contributed by atoms with van der Waals surface area (Å²) in [6.07, 6.45) is 2.59. The van der Waals surface area contributed by atoms with Gasteiger partial charge in [0, 0.05) is 52.0 Å². The fourth-order valence-electron chi connectivity index (χ4n) is 3.81. The van der Waals surface area contributed by atoms with E-state index in [9.17, 15) is 9.59 Å². The number of methoxy groups -OCH3 is 1. The van der Waals surface area contributed by atoms with Crippen molar-refractivity contribution in [1.82, 2.24) is 9.80 Å². The van der Waals surface area contributed by atoms with Crippen LogP contribution in [0.4, 0.5) is 0 Å². The Morgan fingerprint density at radius 2 is 1.68 bits per heavy atom. The summed E-state index contributed by atoms with van der Waals surface area (Å²) in [5.74, 6) is 1.20. The van der Waals surface area contributed by atoms with Gasteiger partial charge < -0.3 is 19.3 Å². The minimum absolute atomic E-state index is 0.0276. The number of hydrogen-bond acceptors (Lipinski definition) is 4. The fraction of sp³-hybridized carbons (Fsp3) is 0.440. The molecule has 0 spiro atoms. The Bertz CT molecular complexity index is 902. The molecule has 0 bridgehead atoms. The van der Waals surface area contributed by atoms with Crippen LogP contribution in [0.25, 0.3) is 0 Å². The van der Waals surface area contributed by atoms with E-state index >= 15 is 0 Å². The van der Waals surface area contributed by atoms with Gasteiger partial charge in [-0.15, -0.1) is 0 Å². The van der Waals surface area contributed by atoms with Gasteiger partial charge >= 0.3 is 0 Å². The molecule has 1 saturated heterocycles. The summed E-state index contributed by atoms with van der Waals surface area (Å²) in [5.41, 5.74) is 2.94. The van der Waals surface area contributed by atoms with Crippen LogP contribution in [0.1, 0.15) is 48.2 Å². The topological polar surface area (TPSA) is 59.1 Å². The number of likely N-dealkylation sites (tertiary alicyclic amines) is 1. The van der Waals surface area contributed by atoms with E-state index in [0.29, 0.717) is 36.7 Å². The van der Waals surface area contributed by atoms with Gasteiger partial charge in [0.2, 0.25) is 5.91 Å². The highest BCUT2D eigenvalue weighted by molar-refractivity contribution is 5.94. The van der Waals surface area contributed by atoms with Crippen LogP contribution < -0.4 is 9.47 Å². The lowest BCUT2D eigenvalue weighted by molar-refractivity contribution is -0.130. The Morgan fingerprint density at radius 1 is 1.03 bits per heavy atom. The second-order valence-electron chi connectivity index (χ2n) is 8.02. The average molecular weight is 425 g/mol. The molecular formula is C25H32N2O4. The lowest BCUT2D eigenvalue weighted by atomic mass is 10.1. The minimum atomic E-state index is -0.0702. The first kappa shape index (κ1) is 22.7. The summed E-state index contributed by atoms with van der Waals surface area (Å²) in [4.78, 5) is 28.0. The first-order valence-corrected chi connectivity index (χ1v) is 10.8. The summed E-state index contributed by atoms with van der Waals surface area (Å²) in [6.45, 7) is 5.65. The molecule has 0 saturated carbocycles. The SMILES string of the molecule is CCc1ccc(CN(C)C(=O)c2ccc(OC3CCN(C(C)=O)CC3)c(OC)c2)cc1. The Balaban J connectivity index is 1.64. The second-order valence-corrected chi connectivity index (χ2v) is 8.02. The van der Waals surface area contributed by atoms with Crippen molar-refractivity contribution in [2.75, 3.05) is 27.2 Å². The molecule has 166 valence electrons. The monoisotopic (exact) mass is 424 g/mol. The van der Waals surface area contributed by atoms with Crippen molar-refractivity contribution in [2.24, 2.45) is 0 Å². The van der Waals surface area contributed by atoms with Crippen LogP contribution in [0.5, 0.6) is 11.5 Å². The van der Waals surface area contributed by atoms with Crippen LogP contribution in [0, 0.1) is 0 Å². The Labute approximate surface area is 184 Å². The van der Waals surface area contributed by atoms with Crippen LogP contribution in [-0.4, -0.2) is 55.0 Å². The molecule has 0 N–H and O–H groups in total. The number of carbonyl (C=O) groups excluding carboxylic acids is 2.